The monoisotopic (exact) mass is 198 g/mol. The number of aliphatic hydroxyl groups excluding tert-OH is 1. The molecule has 3 nitrogen and oxygen atoms in total. The van der Waals surface area contributed by atoms with Crippen molar-refractivity contribution in [1.82, 2.24) is 10.2 Å². The third-order valence-corrected chi connectivity index (χ3v) is 3.53. The van der Waals surface area contributed by atoms with Crippen molar-refractivity contribution < 1.29 is 5.11 Å². The van der Waals surface area contributed by atoms with Gasteiger partial charge in [0.05, 0.1) is 6.10 Å². The Labute approximate surface area is 86.5 Å². The number of hydrogen-bond acceptors (Lipinski definition) is 3. The summed E-state index contributed by atoms with van der Waals surface area (Å²) in [6, 6.07) is 0.687. The third-order valence-electron chi connectivity index (χ3n) is 3.53. The van der Waals surface area contributed by atoms with Gasteiger partial charge in [-0.1, -0.05) is 0 Å². The molecule has 1 heterocycles. The number of piperidine rings is 1. The molecule has 0 amide bonds. The molecule has 1 atom stereocenters. The van der Waals surface area contributed by atoms with Crippen molar-refractivity contribution in [2.45, 2.75) is 37.8 Å². The molecule has 0 bridgehead atoms. The van der Waals surface area contributed by atoms with E-state index in [-0.39, 0.29) is 6.10 Å². The minimum Gasteiger partial charge on any atom is -0.393 e. The Morgan fingerprint density at radius 2 is 2.21 bits per heavy atom. The fourth-order valence-corrected chi connectivity index (χ4v) is 2.53. The maximum absolute atomic E-state index is 9.16. The predicted octanol–water partition coefficient (Wildman–Crippen LogP) is 0.441. The van der Waals surface area contributed by atoms with Crippen LogP contribution in [-0.4, -0.2) is 48.8 Å². The van der Waals surface area contributed by atoms with Crippen LogP contribution in [0.4, 0.5) is 0 Å². The Bertz CT molecular complexity index is 180. The van der Waals surface area contributed by atoms with Gasteiger partial charge in [-0.3, -0.25) is 0 Å². The van der Waals surface area contributed by atoms with Gasteiger partial charge in [-0.2, -0.15) is 0 Å². The summed E-state index contributed by atoms with van der Waals surface area (Å²) in [4.78, 5) is 2.40. The zero-order valence-electron chi connectivity index (χ0n) is 9.08. The van der Waals surface area contributed by atoms with E-state index in [2.05, 4.69) is 17.3 Å². The Morgan fingerprint density at radius 1 is 1.43 bits per heavy atom. The number of aliphatic hydroxyl groups is 1. The van der Waals surface area contributed by atoms with Gasteiger partial charge in [0, 0.05) is 12.6 Å². The average molecular weight is 198 g/mol. The van der Waals surface area contributed by atoms with E-state index in [0.717, 1.165) is 25.3 Å². The molecule has 0 aromatic carbocycles. The smallest absolute Gasteiger partial charge is 0.0546 e. The van der Waals surface area contributed by atoms with Crippen molar-refractivity contribution in [3.63, 3.8) is 0 Å². The van der Waals surface area contributed by atoms with Crippen LogP contribution >= 0.6 is 0 Å². The van der Waals surface area contributed by atoms with E-state index >= 15 is 0 Å². The molecule has 2 aliphatic rings. The first-order valence-electron chi connectivity index (χ1n) is 5.84. The quantitative estimate of drug-likeness (QED) is 0.691. The Morgan fingerprint density at radius 3 is 2.86 bits per heavy atom. The molecule has 2 rings (SSSR count). The molecule has 82 valence electrons. The summed E-state index contributed by atoms with van der Waals surface area (Å²) in [5.41, 5.74) is 0. The highest BCUT2D eigenvalue weighted by Gasteiger charge is 2.27. The second-order valence-electron chi connectivity index (χ2n) is 5.00. The van der Waals surface area contributed by atoms with Crippen LogP contribution in [-0.2, 0) is 0 Å². The first-order valence-corrected chi connectivity index (χ1v) is 5.84. The maximum atomic E-state index is 9.16. The van der Waals surface area contributed by atoms with Crippen molar-refractivity contribution in [3.05, 3.63) is 0 Å². The van der Waals surface area contributed by atoms with E-state index in [1.807, 2.05) is 0 Å². The maximum Gasteiger partial charge on any atom is 0.0546 e. The number of rotatable bonds is 3. The molecule has 1 aliphatic carbocycles. The van der Waals surface area contributed by atoms with E-state index in [0.29, 0.717) is 6.04 Å². The molecular formula is C11H22N2O. The lowest BCUT2D eigenvalue weighted by molar-refractivity contribution is 0.0405. The largest absolute Gasteiger partial charge is 0.393 e. The topological polar surface area (TPSA) is 35.5 Å². The number of nitrogens with one attached hydrogen (secondary N) is 1. The minimum absolute atomic E-state index is 0.00386. The molecule has 0 spiro atoms. The van der Waals surface area contributed by atoms with E-state index in [4.69, 9.17) is 5.11 Å². The SMILES string of the molecule is CN1CCCC(NCC2CC(O)C2)C1. The molecule has 1 aliphatic heterocycles. The van der Waals surface area contributed by atoms with Crippen LogP contribution in [0.3, 0.4) is 0 Å². The van der Waals surface area contributed by atoms with Crippen LogP contribution in [0.1, 0.15) is 25.7 Å². The van der Waals surface area contributed by atoms with E-state index in [9.17, 15) is 0 Å². The first kappa shape index (κ1) is 10.4. The van der Waals surface area contributed by atoms with Crippen LogP contribution in [0.25, 0.3) is 0 Å². The molecule has 14 heavy (non-hydrogen) atoms. The normalized spacial score (nSPS) is 39.4. The van der Waals surface area contributed by atoms with Gasteiger partial charge in [-0.15, -0.1) is 0 Å². The van der Waals surface area contributed by atoms with Crippen molar-refractivity contribution in [3.8, 4) is 0 Å². The molecule has 0 aromatic heterocycles. The Kier molecular flexibility index (Phi) is 3.42. The summed E-state index contributed by atoms with van der Waals surface area (Å²) in [6.07, 6.45) is 4.66. The molecule has 0 aromatic rings. The van der Waals surface area contributed by atoms with Gasteiger partial charge in [-0.25, -0.2) is 0 Å². The van der Waals surface area contributed by atoms with Crippen molar-refractivity contribution in [2.24, 2.45) is 5.92 Å². The third kappa shape index (κ3) is 2.69. The number of nitrogens with zero attached hydrogens (tertiary/aromatic N) is 1. The van der Waals surface area contributed by atoms with Gasteiger partial charge >= 0.3 is 0 Å². The molecular weight excluding hydrogens is 176 g/mol. The number of likely N-dealkylation sites (tertiary alicyclic amines) is 1. The summed E-state index contributed by atoms with van der Waals surface area (Å²) < 4.78 is 0. The van der Waals surface area contributed by atoms with E-state index in [1.165, 1.54) is 25.9 Å². The molecule has 2 N–H and O–H groups in total. The molecule has 1 unspecified atom stereocenters. The predicted molar refractivity (Wildman–Crippen MR) is 57.3 cm³/mol. The second-order valence-corrected chi connectivity index (χ2v) is 5.00. The molecule has 0 radical (unpaired) electrons. The van der Waals surface area contributed by atoms with Crippen molar-refractivity contribution in [1.29, 1.82) is 0 Å². The summed E-state index contributed by atoms with van der Waals surface area (Å²) in [7, 11) is 2.20. The van der Waals surface area contributed by atoms with Gasteiger partial charge in [0.1, 0.15) is 0 Å². The fraction of sp³-hybridized carbons (Fsp3) is 1.00. The summed E-state index contributed by atoms with van der Waals surface area (Å²) in [5.74, 6) is 0.734. The number of hydrogen-bond donors (Lipinski definition) is 2. The molecule has 1 saturated heterocycles. The van der Waals surface area contributed by atoms with Gasteiger partial charge in [-0.05, 0) is 51.7 Å². The summed E-state index contributed by atoms with van der Waals surface area (Å²) >= 11 is 0. The van der Waals surface area contributed by atoms with Crippen LogP contribution in [0.15, 0.2) is 0 Å². The van der Waals surface area contributed by atoms with E-state index in [1.54, 1.807) is 0 Å². The van der Waals surface area contributed by atoms with Crippen molar-refractivity contribution >= 4 is 0 Å². The van der Waals surface area contributed by atoms with Crippen LogP contribution in [0.5, 0.6) is 0 Å². The second kappa shape index (κ2) is 4.60. The highest BCUT2D eigenvalue weighted by Crippen LogP contribution is 2.26. The molecule has 2 fully saturated rings. The average Bonchev–Trinajstić information content (AvgIpc) is 2.11. The fourth-order valence-electron chi connectivity index (χ4n) is 2.53. The van der Waals surface area contributed by atoms with Crippen molar-refractivity contribution in [2.75, 3.05) is 26.7 Å². The van der Waals surface area contributed by atoms with Gasteiger partial charge in [0.25, 0.3) is 0 Å². The zero-order valence-corrected chi connectivity index (χ0v) is 9.08. The summed E-state index contributed by atoms with van der Waals surface area (Å²) in [5, 5.41) is 12.8. The highest BCUT2D eigenvalue weighted by atomic mass is 16.3. The van der Waals surface area contributed by atoms with Crippen LogP contribution < -0.4 is 5.32 Å². The lowest BCUT2D eigenvalue weighted by Gasteiger charge is -2.35. The minimum atomic E-state index is -0.00386. The lowest BCUT2D eigenvalue weighted by Crippen LogP contribution is -2.47. The number of likely N-dealkylation sites (N-methyl/N-ethyl adjacent to an activating group) is 1. The zero-order chi connectivity index (χ0) is 9.97. The molecule has 1 saturated carbocycles. The van der Waals surface area contributed by atoms with Gasteiger partial charge in [0.15, 0.2) is 0 Å². The first-order chi connectivity index (χ1) is 6.74. The Hall–Kier alpha value is -0.120. The van der Waals surface area contributed by atoms with Crippen LogP contribution in [0, 0.1) is 5.92 Å². The van der Waals surface area contributed by atoms with E-state index < -0.39 is 0 Å². The highest BCUT2D eigenvalue weighted by molar-refractivity contribution is 4.83. The van der Waals surface area contributed by atoms with Gasteiger partial charge in [0.2, 0.25) is 0 Å². The Balaban J connectivity index is 1.60. The lowest BCUT2D eigenvalue weighted by atomic mass is 9.82. The standard InChI is InChI=1S/C11H22N2O/c1-13-4-2-3-10(8-13)12-7-9-5-11(14)6-9/h9-12,14H,2-8H2,1H3. The van der Waals surface area contributed by atoms with Gasteiger partial charge < -0.3 is 15.3 Å². The molecule has 3 heteroatoms. The summed E-state index contributed by atoms with van der Waals surface area (Å²) in [6.45, 7) is 3.55. The van der Waals surface area contributed by atoms with Crippen LogP contribution in [0.2, 0.25) is 0 Å².